The molecule has 4 aromatic rings. The molecule has 0 aliphatic carbocycles. The first-order chi connectivity index (χ1) is 17.0. The van der Waals surface area contributed by atoms with Gasteiger partial charge in [-0.05, 0) is 24.3 Å². The lowest BCUT2D eigenvalue weighted by molar-refractivity contribution is -0.140. The smallest absolute Gasteiger partial charge is 0.420 e. The minimum atomic E-state index is -0.565. The molecule has 0 radical (unpaired) electrons. The molecule has 1 aliphatic rings. The Hall–Kier alpha value is -3.34. The molecule has 10 nitrogen and oxygen atoms in total. The maximum absolute atomic E-state index is 12.4. The van der Waals surface area contributed by atoms with E-state index in [4.69, 9.17) is 37.1 Å². The summed E-state index contributed by atoms with van der Waals surface area (Å²) in [7, 11) is 0. The molecule has 0 atom stereocenters. The molecule has 35 heavy (non-hydrogen) atoms. The maximum atomic E-state index is 12.4. The number of aromatic nitrogens is 3. The minimum absolute atomic E-state index is 0.0114. The van der Waals surface area contributed by atoms with Crippen LogP contribution >= 0.6 is 23.2 Å². The van der Waals surface area contributed by atoms with Gasteiger partial charge in [0, 0.05) is 30.2 Å². The molecule has 0 amide bonds. The Kier molecular flexibility index (Phi) is 6.76. The van der Waals surface area contributed by atoms with Crippen LogP contribution < -0.4 is 16.0 Å². The van der Waals surface area contributed by atoms with Gasteiger partial charge in [0.2, 0.25) is 0 Å². The Morgan fingerprint density at radius 3 is 2.77 bits per heavy atom. The number of hydrogen-bond donors (Lipinski definition) is 1. The van der Waals surface area contributed by atoms with Crippen molar-refractivity contribution in [2.75, 3.05) is 49.0 Å². The summed E-state index contributed by atoms with van der Waals surface area (Å²) in [5, 5.41) is 4.59. The molecule has 0 bridgehead atoms. The number of nitrogens with zero attached hydrogens (tertiary/aromatic N) is 4. The molecule has 0 saturated carbocycles. The highest BCUT2D eigenvalue weighted by Crippen LogP contribution is 2.32. The van der Waals surface area contributed by atoms with E-state index in [0.29, 0.717) is 46.1 Å². The second kappa shape index (κ2) is 10.1. The van der Waals surface area contributed by atoms with Crippen LogP contribution in [0.25, 0.3) is 22.0 Å². The van der Waals surface area contributed by atoms with Gasteiger partial charge in [0.15, 0.2) is 5.58 Å². The Bertz CT molecular complexity index is 1450. The van der Waals surface area contributed by atoms with Gasteiger partial charge in [-0.15, -0.1) is 11.6 Å². The Labute approximate surface area is 209 Å². The molecule has 2 aromatic heterocycles. The first kappa shape index (κ1) is 23.4. The second-order valence-electron chi connectivity index (χ2n) is 7.82. The summed E-state index contributed by atoms with van der Waals surface area (Å²) in [6.07, 6.45) is 1.43. The predicted octanol–water partition coefficient (Wildman–Crippen LogP) is 3.55. The van der Waals surface area contributed by atoms with E-state index in [-0.39, 0.29) is 19.0 Å². The number of morpholine rings is 1. The molecule has 2 aromatic carbocycles. The summed E-state index contributed by atoms with van der Waals surface area (Å²) in [6.45, 7) is 3.03. The van der Waals surface area contributed by atoms with E-state index < -0.39 is 11.7 Å². The number of hydrogen-bond acceptors (Lipinski definition) is 9. The van der Waals surface area contributed by atoms with Crippen molar-refractivity contribution < 1.29 is 18.7 Å². The van der Waals surface area contributed by atoms with Gasteiger partial charge in [0.1, 0.15) is 24.6 Å². The number of ether oxygens (including phenoxy) is 2. The number of benzene rings is 2. The highest BCUT2D eigenvalue weighted by Gasteiger charge is 2.16. The molecular weight excluding hydrogens is 497 g/mol. The standard InChI is InChI=1S/C23H21Cl2N5O5/c24-12-21(31)34-8-5-30-19-10-15-17(11-20(19)35-23(30)32)26-13-27-22(15)28-14-1-2-18(16(25)9-14)29-3-6-33-7-4-29/h1-2,9-11,13H,3-8,12H2,(H,26,27,28). The van der Waals surface area contributed by atoms with Crippen LogP contribution in [0.2, 0.25) is 5.02 Å². The molecule has 182 valence electrons. The molecule has 3 heterocycles. The molecule has 0 spiro atoms. The third kappa shape index (κ3) is 4.90. The van der Waals surface area contributed by atoms with Gasteiger partial charge in [-0.1, -0.05) is 11.6 Å². The third-order valence-electron chi connectivity index (χ3n) is 5.67. The number of carbonyl (C=O) groups is 1. The number of rotatable bonds is 7. The van der Waals surface area contributed by atoms with Crippen LogP contribution in [0.5, 0.6) is 0 Å². The van der Waals surface area contributed by atoms with Crippen LogP contribution in [0.1, 0.15) is 0 Å². The van der Waals surface area contributed by atoms with Gasteiger partial charge in [-0.2, -0.15) is 0 Å². The Balaban J connectivity index is 1.45. The van der Waals surface area contributed by atoms with Crippen molar-refractivity contribution in [3.8, 4) is 0 Å². The van der Waals surface area contributed by atoms with Gasteiger partial charge in [-0.25, -0.2) is 14.8 Å². The van der Waals surface area contributed by atoms with Crippen molar-refractivity contribution in [2.45, 2.75) is 6.54 Å². The van der Waals surface area contributed by atoms with Crippen molar-refractivity contribution in [3.63, 3.8) is 0 Å². The lowest BCUT2D eigenvalue weighted by atomic mass is 10.2. The number of anilines is 3. The van der Waals surface area contributed by atoms with Crippen LogP contribution in [-0.2, 0) is 20.8 Å². The number of halogens is 2. The fourth-order valence-electron chi connectivity index (χ4n) is 4.00. The number of fused-ring (bicyclic) bond motifs is 2. The zero-order valence-electron chi connectivity index (χ0n) is 18.5. The van der Waals surface area contributed by atoms with Gasteiger partial charge in [-0.3, -0.25) is 9.36 Å². The van der Waals surface area contributed by atoms with Crippen LogP contribution in [0.3, 0.4) is 0 Å². The molecule has 5 rings (SSSR count). The summed E-state index contributed by atoms with van der Waals surface area (Å²) in [5.41, 5.74) is 3.20. The number of carbonyl (C=O) groups excluding carboxylic acids is 1. The van der Waals surface area contributed by atoms with Crippen molar-refractivity contribution in [1.29, 1.82) is 0 Å². The van der Waals surface area contributed by atoms with Crippen LogP contribution in [0.4, 0.5) is 17.2 Å². The SMILES string of the molecule is O=C(CCl)OCCn1c(=O)oc2cc3ncnc(Nc4ccc(N5CCOCC5)c(Cl)c4)c3cc21. The van der Waals surface area contributed by atoms with Crippen molar-refractivity contribution in [1.82, 2.24) is 14.5 Å². The van der Waals surface area contributed by atoms with Crippen LogP contribution in [-0.4, -0.2) is 59.3 Å². The van der Waals surface area contributed by atoms with Gasteiger partial charge < -0.3 is 24.1 Å². The van der Waals surface area contributed by atoms with Crippen molar-refractivity contribution >= 4 is 68.4 Å². The summed E-state index contributed by atoms with van der Waals surface area (Å²) in [6, 6.07) is 9.19. The van der Waals surface area contributed by atoms with Crippen LogP contribution in [0.15, 0.2) is 45.9 Å². The van der Waals surface area contributed by atoms with E-state index in [9.17, 15) is 9.59 Å². The van der Waals surface area contributed by atoms with E-state index in [1.807, 2.05) is 18.2 Å². The third-order valence-corrected chi connectivity index (χ3v) is 6.19. The zero-order chi connectivity index (χ0) is 24.4. The predicted molar refractivity (Wildman–Crippen MR) is 133 cm³/mol. The summed E-state index contributed by atoms with van der Waals surface area (Å²) in [4.78, 5) is 34.6. The largest absolute Gasteiger partial charge is 0.463 e. The minimum Gasteiger partial charge on any atom is -0.463 e. The number of esters is 1. The molecule has 12 heteroatoms. The molecule has 1 saturated heterocycles. The lowest BCUT2D eigenvalue weighted by Gasteiger charge is -2.29. The normalized spacial score (nSPS) is 13.9. The Morgan fingerprint density at radius 1 is 1.17 bits per heavy atom. The molecule has 1 N–H and O–H groups in total. The highest BCUT2D eigenvalue weighted by molar-refractivity contribution is 6.33. The van der Waals surface area contributed by atoms with Gasteiger partial charge in [0.05, 0.1) is 41.5 Å². The van der Waals surface area contributed by atoms with E-state index >= 15 is 0 Å². The highest BCUT2D eigenvalue weighted by atomic mass is 35.5. The van der Waals surface area contributed by atoms with Crippen LogP contribution in [0, 0.1) is 0 Å². The number of nitrogens with one attached hydrogen (secondary N) is 1. The molecule has 0 unspecified atom stereocenters. The average Bonchev–Trinajstić information content (AvgIpc) is 3.17. The van der Waals surface area contributed by atoms with Gasteiger partial charge in [0.25, 0.3) is 0 Å². The van der Waals surface area contributed by atoms with E-state index in [0.717, 1.165) is 24.5 Å². The van der Waals surface area contributed by atoms with E-state index in [1.165, 1.54) is 10.9 Å². The fraction of sp³-hybridized carbons (Fsp3) is 0.304. The first-order valence-electron chi connectivity index (χ1n) is 10.9. The molecule has 1 fully saturated rings. The second-order valence-corrected chi connectivity index (χ2v) is 8.50. The number of oxazole rings is 1. The van der Waals surface area contributed by atoms with Crippen molar-refractivity contribution in [2.24, 2.45) is 0 Å². The van der Waals surface area contributed by atoms with E-state index in [2.05, 4.69) is 20.2 Å². The zero-order valence-corrected chi connectivity index (χ0v) is 20.0. The summed E-state index contributed by atoms with van der Waals surface area (Å²) >= 11 is 12.0. The van der Waals surface area contributed by atoms with Gasteiger partial charge >= 0.3 is 11.7 Å². The maximum Gasteiger partial charge on any atom is 0.420 e. The van der Waals surface area contributed by atoms with Crippen molar-refractivity contribution in [3.05, 3.63) is 52.2 Å². The Morgan fingerprint density at radius 2 is 2.00 bits per heavy atom. The lowest BCUT2D eigenvalue weighted by Crippen LogP contribution is -2.36. The number of alkyl halides is 1. The first-order valence-corrected chi connectivity index (χ1v) is 11.8. The molecular formula is C23H21Cl2N5O5. The molecule has 1 aliphatic heterocycles. The summed E-state index contributed by atoms with van der Waals surface area (Å²) < 4.78 is 17.2. The average molecular weight is 518 g/mol. The van der Waals surface area contributed by atoms with E-state index in [1.54, 1.807) is 12.1 Å². The topological polar surface area (TPSA) is 112 Å². The monoisotopic (exact) mass is 517 g/mol. The fourth-order valence-corrected chi connectivity index (χ4v) is 4.37. The quantitative estimate of drug-likeness (QED) is 0.290. The summed E-state index contributed by atoms with van der Waals surface area (Å²) in [5.74, 6) is -0.836.